The van der Waals surface area contributed by atoms with Crippen LogP contribution in [0.4, 0.5) is 13.2 Å². The molecule has 0 atom stereocenters. The SMILES string of the molecule is O=C(Cc1cccc(C(F)(F)F)c1)NCc1nccnc1-c1ccco1. The zero-order chi connectivity index (χ0) is 18.6. The molecule has 1 aromatic carbocycles. The number of nitrogens with one attached hydrogen (secondary N) is 1. The third-order valence-electron chi connectivity index (χ3n) is 3.60. The fourth-order valence-electron chi connectivity index (χ4n) is 2.40. The summed E-state index contributed by atoms with van der Waals surface area (Å²) in [5.41, 5.74) is 0.497. The second-order valence-corrected chi connectivity index (χ2v) is 5.48. The molecule has 0 saturated carbocycles. The molecule has 134 valence electrons. The average molecular weight is 361 g/mol. The normalized spacial score (nSPS) is 11.3. The molecule has 0 aliphatic rings. The molecule has 2 heterocycles. The lowest BCUT2D eigenvalue weighted by Gasteiger charge is -2.10. The van der Waals surface area contributed by atoms with Crippen LogP contribution in [0.2, 0.25) is 0 Å². The number of nitrogens with zero attached hydrogens (tertiary/aromatic N) is 2. The number of amides is 1. The Morgan fingerprint density at radius 1 is 1.12 bits per heavy atom. The maximum Gasteiger partial charge on any atom is 0.416 e. The van der Waals surface area contributed by atoms with Crippen molar-refractivity contribution in [1.29, 1.82) is 0 Å². The fourth-order valence-corrected chi connectivity index (χ4v) is 2.40. The van der Waals surface area contributed by atoms with E-state index >= 15 is 0 Å². The van der Waals surface area contributed by atoms with E-state index in [9.17, 15) is 18.0 Å². The largest absolute Gasteiger partial charge is 0.463 e. The van der Waals surface area contributed by atoms with Gasteiger partial charge in [0, 0.05) is 12.4 Å². The van der Waals surface area contributed by atoms with E-state index in [1.165, 1.54) is 30.8 Å². The third kappa shape index (κ3) is 4.27. The van der Waals surface area contributed by atoms with E-state index in [-0.39, 0.29) is 18.5 Å². The quantitative estimate of drug-likeness (QED) is 0.754. The van der Waals surface area contributed by atoms with Crippen LogP contribution < -0.4 is 5.32 Å². The molecular weight excluding hydrogens is 347 g/mol. The van der Waals surface area contributed by atoms with E-state index in [1.807, 2.05) is 0 Å². The zero-order valence-corrected chi connectivity index (χ0v) is 13.5. The smallest absolute Gasteiger partial charge is 0.416 e. The summed E-state index contributed by atoms with van der Waals surface area (Å²) < 4.78 is 43.5. The van der Waals surface area contributed by atoms with Crippen LogP contribution in [0.5, 0.6) is 0 Å². The van der Waals surface area contributed by atoms with Crippen molar-refractivity contribution in [1.82, 2.24) is 15.3 Å². The molecule has 0 saturated heterocycles. The summed E-state index contributed by atoms with van der Waals surface area (Å²) in [6, 6.07) is 8.12. The number of hydrogen-bond acceptors (Lipinski definition) is 4. The van der Waals surface area contributed by atoms with E-state index < -0.39 is 17.6 Å². The first kappa shape index (κ1) is 17.7. The minimum absolute atomic E-state index is 0.0850. The van der Waals surface area contributed by atoms with Gasteiger partial charge in [-0.05, 0) is 23.8 Å². The van der Waals surface area contributed by atoms with Gasteiger partial charge in [0.25, 0.3) is 0 Å². The van der Waals surface area contributed by atoms with Gasteiger partial charge in [-0.3, -0.25) is 9.78 Å². The molecular formula is C18H14F3N3O2. The van der Waals surface area contributed by atoms with Gasteiger partial charge in [-0.25, -0.2) is 4.98 Å². The van der Waals surface area contributed by atoms with Gasteiger partial charge in [0.15, 0.2) is 5.76 Å². The Labute approximate surface area is 146 Å². The van der Waals surface area contributed by atoms with Gasteiger partial charge in [0.1, 0.15) is 5.69 Å². The molecule has 2 aromatic heterocycles. The van der Waals surface area contributed by atoms with Crippen molar-refractivity contribution in [2.75, 3.05) is 0 Å². The number of halogens is 3. The van der Waals surface area contributed by atoms with Crippen LogP contribution in [0, 0.1) is 0 Å². The molecule has 3 rings (SSSR count). The summed E-state index contributed by atoms with van der Waals surface area (Å²) in [5.74, 6) is 0.0978. The molecule has 8 heteroatoms. The van der Waals surface area contributed by atoms with Crippen molar-refractivity contribution in [3.63, 3.8) is 0 Å². The summed E-state index contributed by atoms with van der Waals surface area (Å²) in [6.45, 7) is 0.0850. The molecule has 0 aliphatic heterocycles. The minimum Gasteiger partial charge on any atom is -0.463 e. The van der Waals surface area contributed by atoms with E-state index in [1.54, 1.807) is 12.1 Å². The summed E-state index contributed by atoms with van der Waals surface area (Å²) in [6.07, 6.45) is -0.114. The molecule has 5 nitrogen and oxygen atoms in total. The van der Waals surface area contributed by atoms with Crippen molar-refractivity contribution >= 4 is 5.91 Å². The molecule has 1 N–H and O–H groups in total. The number of benzene rings is 1. The Morgan fingerprint density at radius 2 is 1.92 bits per heavy atom. The number of rotatable bonds is 5. The molecule has 26 heavy (non-hydrogen) atoms. The average Bonchev–Trinajstić information content (AvgIpc) is 3.14. The van der Waals surface area contributed by atoms with Gasteiger partial charge in [-0.1, -0.05) is 18.2 Å². The number of aromatic nitrogens is 2. The topological polar surface area (TPSA) is 68.0 Å². The first-order valence-corrected chi connectivity index (χ1v) is 7.70. The monoisotopic (exact) mass is 361 g/mol. The Balaban J connectivity index is 1.66. The highest BCUT2D eigenvalue weighted by molar-refractivity contribution is 5.78. The summed E-state index contributed by atoms with van der Waals surface area (Å²) in [4.78, 5) is 20.4. The van der Waals surface area contributed by atoms with Gasteiger partial charge in [-0.15, -0.1) is 0 Å². The lowest BCUT2D eigenvalue weighted by Crippen LogP contribution is -2.25. The van der Waals surface area contributed by atoms with Crippen LogP contribution in [-0.4, -0.2) is 15.9 Å². The van der Waals surface area contributed by atoms with Gasteiger partial charge in [0.05, 0.1) is 30.5 Å². The molecule has 3 aromatic rings. The highest BCUT2D eigenvalue weighted by atomic mass is 19.4. The van der Waals surface area contributed by atoms with E-state index in [0.29, 0.717) is 17.1 Å². The van der Waals surface area contributed by atoms with Crippen LogP contribution >= 0.6 is 0 Å². The van der Waals surface area contributed by atoms with Crippen molar-refractivity contribution in [3.8, 4) is 11.5 Å². The number of furan rings is 1. The molecule has 0 unspecified atom stereocenters. The Morgan fingerprint density at radius 3 is 2.65 bits per heavy atom. The molecule has 0 bridgehead atoms. The minimum atomic E-state index is -4.44. The maximum absolute atomic E-state index is 12.7. The van der Waals surface area contributed by atoms with Crippen LogP contribution in [0.1, 0.15) is 16.8 Å². The molecule has 0 aliphatic carbocycles. The van der Waals surface area contributed by atoms with Crippen molar-refractivity contribution in [2.45, 2.75) is 19.1 Å². The van der Waals surface area contributed by atoms with Gasteiger partial charge >= 0.3 is 6.18 Å². The van der Waals surface area contributed by atoms with Crippen LogP contribution in [0.15, 0.2) is 59.5 Å². The lowest BCUT2D eigenvalue weighted by atomic mass is 10.1. The van der Waals surface area contributed by atoms with Crippen LogP contribution in [0.25, 0.3) is 11.5 Å². The molecule has 0 radical (unpaired) electrons. The lowest BCUT2D eigenvalue weighted by molar-refractivity contribution is -0.137. The molecule has 0 spiro atoms. The number of carbonyl (C=O) groups is 1. The van der Waals surface area contributed by atoms with E-state index in [2.05, 4.69) is 15.3 Å². The number of hydrogen-bond donors (Lipinski definition) is 1. The summed E-state index contributed by atoms with van der Waals surface area (Å²) in [7, 11) is 0. The fraction of sp³-hybridized carbons (Fsp3) is 0.167. The van der Waals surface area contributed by atoms with Crippen LogP contribution in [-0.2, 0) is 23.9 Å². The first-order valence-electron chi connectivity index (χ1n) is 7.70. The first-order chi connectivity index (χ1) is 12.4. The third-order valence-corrected chi connectivity index (χ3v) is 3.60. The maximum atomic E-state index is 12.7. The number of carbonyl (C=O) groups excluding carboxylic acids is 1. The van der Waals surface area contributed by atoms with Crippen molar-refractivity contribution in [2.24, 2.45) is 0 Å². The predicted molar refractivity (Wildman–Crippen MR) is 86.7 cm³/mol. The Hall–Kier alpha value is -3.16. The highest BCUT2D eigenvalue weighted by Crippen LogP contribution is 2.29. The van der Waals surface area contributed by atoms with Gasteiger partial charge < -0.3 is 9.73 Å². The second-order valence-electron chi connectivity index (χ2n) is 5.48. The molecule has 0 fully saturated rings. The van der Waals surface area contributed by atoms with Crippen molar-refractivity contribution in [3.05, 3.63) is 71.9 Å². The summed E-state index contributed by atoms with van der Waals surface area (Å²) in [5, 5.41) is 2.64. The van der Waals surface area contributed by atoms with Gasteiger partial charge in [-0.2, -0.15) is 13.2 Å². The predicted octanol–water partition coefficient (Wildman–Crippen LogP) is 3.61. The van der Waals surface area contributed by atoms with E-state index in [4.69, 9.17) is 4.42 Å². The highest BCUT2D eigenvalue weighted by Gasteiger charge is 2.30. The zero-order valence-electron chi connectivity index (χ0n) is 13.5. The Kier molecular flexibility index (Phi) is 5.01. The van der Waals surface area contributed by atoms with Crippen LogP contribution in [0.3, 0.4) is 0 Å². The Bertz CT molecular complexity index is 893. The number of alkyl halides is 3. The summed E-state index contributed by atoms with van der Waals surface area (Å²) >= 11 is 0. The second kappa shape index (κ2) is 7.38. The van der Waals surface area contributed by atoms with Gasteiger partial charge in [0.2, 0.25) is 5.91 Å². The van der Waals surface area contributed by atoms with E-state index in [0.717, 1.165) is 12.1 Å². The standard InChI is InChI=1S/C18H14F3N3O2/c19-18(20,21)13-4-1-3-12(9-13)10-16(25)24-11-14-17(23-7-6-22-14)15-5-2-8-26-15/h1-9H,10-11H2,(H,24,25). The molecule has 1 amide bonds. The van der Waals surface area contributed by atoms with Crippen molar-refractivity contribution < 1.29 is 22.4 Å².